The Balaban J connectivity index is 5.33. The highest BCUT2D eigenvalue weighted by molar-refractivity contribution is 5.94. The molecule has 0 aliphatic heterocycles. The molecule has 0 aliphatic carbocycles. The first kappa shape index (κ1) is 27.3. The van der Waals surface area contributed by atoms with Crippen molar-refractivity contribution in [3.63, 3.8) is 0 Å². The molecule has 172 valence electrons. The fourth-order valence-corrected chi connectivity index (χ4v) is 2.60. The Kier molecular flexibility index (Phi) is 11.6. The molecule has 0 aliphatic rings. The zero-order chi connectivity index (χ0) is 23.6. The minimum atomic E-state index is -1.22. The molecule has 4 amide bonds. The van der Waals surface area contributed by atoms with E-state index in [4.69, 9.17) is 16.6 Å². The number of primary amides is 1. The second-order valence-electron chi connectivity index (χ2n) is 8.10. The van der Waals surface area contributed by atoms with Crippen LogP contribution in [-0.2, 0) is 24.0 Å². The van der Waals surface area contributed by atoms with Crippen LogP contribution in [0.25, 0.3) is 0 Å². The van der Waals surface area contributed by atoms with Gasteiger partial charge in [-0.25, -0.2) is 0 Å². The second kappa shape index (κ2) is 12.8. The molecule has 0 fully saturated rings. The first-order valence-electron chi connectivity index (χ1n) is 9.94. The van der Waals surface area contributed by atoms with Crippen LogP contribution in [-0.4, -0.2) is 58.9 Å². The summed E-state index contributed by atoms with van der Waals surface area (Å²) in [5, 5.41) is 16.3. The number of carboxylic acids is 1. The molecule has 0 aromatic carbocycles. The van der Waals surface area contributed by atoms with Crippen LogP contribution in [0.5, 0.6) is 0 Å². The average molecular weight is 430 g/mol. The van der Waals surface area contributed by atoms with E-state index in [9.17, 15) is 24.0 Å². The summed E-state index contributed by atoms with van der Waals surface area (Å²) in [5.41, 5.74) is 11.0. The number of carbonyl (C=O) groups excluding carboxylic acids is 4. The van der Waals surface area contributed by atoms with Gasteiger partial charge in [0.25, 0.3) is 0 Å². The molecule has 0 saturated heterocycles. The third-order valence-electron chi connectivity index (χ3n) is 4.35. The van der Waals surface area contributed by atoms with Gasteiger partial charge in [0.2, 0.25) is 23.6 Å². The predicted molar refractivity (Wildman–Crippen MR) is 110 cm³/mol. The summed E-state index contributed by atoms with van der Waals surface area (Å²) < 4.78 is 0. The monoisotopic (exact) mass is 429 g/mol. The van der Waals surface area contributed by atoms with Crippen molar-refractivity contribution in [2.45, 2.75) is 78.0 Å². The summed E-state index contributed by atoms with van der Waals surface area (Å²) in [6.45, 7) is 8.44. The van der Waals surface area contributed by atoms with Crippen LogP contribution in [0.4, 0.5) is 0 Å². The molecule has 11 heteroatoms. The summed E-state index contributed by atoms with van der Waals surface area (Å²) in [4.78, 5) is 59.6. The van der Waals surface area contributed by atoms with Crippen molar-refractivity contribution in [2.24, 2.45) is 23.3 Å². The van der Waals surface area contributed by atoms with Crippen LogP contribution in [0.15, 0.2) is 0 Å². The quantitative estimate of drug-likeness (QED) is 0.212. The van der Waals surface area contributed by atoms with Crippen molar-refractivity contribution in [3.05, 3.63) is 0 Å². The van der Waals surface area contributed by atoms with E-state index in [1.165, 1.54) is 6.92 Å². The van der Waals surface area contributed by atoms with Gasteiger partial charge < -0.3 is 32.5 Å². The number of aliphatic carboxylic acids is 1. The van der Waals surface area contributed by atoms with Crippen LogP contribution in [0.1, 0.15) is 53.9 Å². The Morgan fingerprint density at radius 1 is 0.867 bits per heavy atom. The maximum Gasteiger partial charge on any atom is 0.325 e. The lowest BCUT2D eigenvalue weighted by Crippen LogP contribution is -2.58. The molecular weight excluding hydrogens is 394 g/mol. The summed E-state index contributed by atoms with van der Waals surface area (Å²) >= 11 is 0. The molecule has 0 aromatic heterocycles. The first-order valence-corrected chi connectivity index (χ1v) is 9.94. The molecule has 4 unspecified atom stereocenters. The van der Waals surface area contributed by atoms with Gasteiger partial charge in [-0.2, -0.15) is 0 Å². The minimum absolute atomic E-state index is 0.0702. The third kappa shape index (κ3) is 10.2. The first-order chi connectivity index (χ1) is 13.8. The lowest BCUT2D eigenvalue weighted by Gasteiger charge is -2.26. The number of rotatable bonds is 13. The second-order valence-corrected chi connectivity index (χ2v) is 8.10. The molecule has 0 saturated carbocycles. The normalized spacial score (nSPS) is 15.1. The Labute approximate surface area is 176 Å². The maximum absolute atomic E-state index is 12.8. The van der Waals surface area contributed by atoms with Crippen LogP contribution >= 0.6 is 0 Å². The van der Waals surface area contributed by atoms with E-state index in [0.29, 0.717) is 6.42 Å². The third-order valence-corrected chi connectivity index (χ3v) is 4.35. The van der Waals surface area contributed by atoms with E-state index in [-0.39, 0.29) is 24.7 Å². The highest BCUT2D eigenvalue weighted by Crippen LogP contribution is 2.07. The Bertz CT molecular complexity index is 637. The van der Waals surface area contributed by atoms with Crippen molar-refractivity contribution in [1.29, 1.82) is 0 Å². The lowest BCUT2D eigenvalue weighted by molar-refractivity contribution is -0.142. The molecule has 0 spiro atoms. The van der Waals surface area contributed by atoms with E-state index in [1.54, 1.807) is 13.8 Å². The smallest absolute Gasteiger partial charge is 0.325 e. The fourth-order valence-electron chi connectivity index (χ4n) is 2.60. The highest BCUT2D eigenvalue weighted by Gasteiger charge is 2.31. The summed E-state index contributed by atoms with van der Waals surface area (Å²) in [5.74, 6) is -4.01. The number of carboxylic acid groups (broad SMARTS) is 1. The van der Waals surface area contributed by atoms with Gasteiger partial charge in [0.15, 0.2) is 0 Å². The van der Waals surface area contributed by atoms with Crippen molar-refractivity contribution in [3.8, 4) is 0 Å². The number of amides is 4. The fraction of sp³-hybridized carbons (Fsp3) is 0.737. The van der Waals surface area contributed by atoms with Crippen molar-refractivity contribution >= 4 is 29.6 Å². The van der Waals surface area contributed by atoms with E-state index in [0.717, 1.165) is 0 Å². The van der Waals surface area contributed by atoms with E-state index >= 15 is 0 Å². The molecular formula is C19H35N5O6. The van der Waals surface area contributed by atoms with E-state index in [1.807, 2.05) is 13.8 Å². The van der Waals surface area contributed by atoms with Crippen LogP contribution in [0, 0.1) is 11.8 Å². The number of hydrogen-bond donors (Lipinski definition) is 6. The highest BCUT2D eigenvalue weighted by atomic mass is 16.4. The van der Waals surface area contributed by atoms with Gasteiger partial charge in [-0.3, -0.25) is 24.0 Å². The Morgan fingerprint density at radius 3 is 1.87 bits per heavy atom. The van der Waals surface area contributed by atoms with Crippen molar-refractivity contribution in [2.75, 3.05) is 0 Å². The number of carbonyl (C=O) groups is 5. The zero-order valence-corrected chi connectivity index (χ0v) is 18.2. The van der Waals surface area contributed by atoms with Crippen LogP contribution < -0.4 is 27.4 Å². The minimum Gasteiger partial charge on any atom is -0.480 e. The molecule has 0 aromatic rings. The Morgan fingerprint density at radius 2 is 1.43 bits per heavy atom. The van der Waals surface area contributed by atoms with Gasteiger partial charge >= 0.3 is 5.97 Å². The summed E-state index contributed by atoms with van der Waals surface area (Å²) in [6, 6.07) is -4.16. The van der Waals surface area contributed by atoms with Gasteiger partial charge in [0.1, 0.15) is 18.1 Å². The largest absolute Gasteiger partial charge is 0.480 e. The lowest BCUT2D eigenvalue weighted by atomic mass is 10.0. The molecule has 11 nitrogen and oxygen atoms in total. The number of hydrogen-bond acceptors (Lipinski definition) is 6. The van der Waals surface area contributed by atoms with Gasteiger partial charge in [-0.1, -0.05) is 27.7 Å². The standard InChI is InChI=1S/C19H35N5O6/c1-9(2)8-12(20)16(26)23-13(6-7-14(21)25)17(27)24-15(10(3)4)18(28)22-11(5)19(29)30/h9-13,15H,6-8,20H2,1-5H3,(H2,21,25)(H,22,28)(H,23,26)(H,24,27)(H,29,30). The molecule has 4 atom stereocenters. The van der Waals surface area contributed by atoms with Crippen molar-refractivity contribution in [1.82, 2.24) is 16.0 Å². The summed E-state index contributed by atoms with van der Waals surface area (Å²) in [7, 11) is 0. The van der Waals surface area contributed by atoms with Crippen LogP contribution in [0.2, 0.25) is 0 Å². The molecule has 0 rings (SSSR count). The molecule has 0 radical (unpaired) electrons. The molecule has 0 heterocycles. The molecule has 0 bridgehead atoms. The summed E-state index contributed by atoms with van der Waals surface area (Å²) in [6.07, 6.45) is 0.172. The average Bonchev–Trinajstić information content (AvgIpc) is 2.61. The Hall–Kier alpha value is -2.69. The zero-order valence-electron chi connectivity index (χ0n) is 18.2. The van der Waals surface area contributed by atoms with Gasteiger partial charge in [0, 0.05) is 6.42 Å². The van der Waals surface area contributed by atoms with E-state index in [2.05, 4.69) is 16.0 Å². The SMILES string of the molecule is CC(C)CC(N)C(=O)NC(CCC(N)=O)C(=O)NC(C(=O)NC(C)C(=O)O)C(C)C. The van der Waals surface area contributed by atoms with Crippen molar-refractivity contribution < 1.29 is 29.1 Å². The van der Waals surface area contributed by atoms with Crippen LogP contribution in [0.3, 0.4) is 0 Å². The number of nitrogens with one attached hydrogen (secondary N) is 3. The van der Waals surface area contributed by atoms with E-state index < -0.39 is 53.8 Å². The predicted octanol–water partition coefficient (Wildman–Crippen LogP) is -1.16. The topological polar surface area (TPSA) is 194 Å². The number of nitrogens with two attached hydrogens (primary N) is 2. The van der Waals surface area contributed by atoms with Gasteiger partial charge in [0.05, 0.1) is 6.04 Å². The van der Waals surface area contributed by atoms with Gasteiger partial charge in [-0.15, -0.1) is 0 Å². The maximum atomic E-state index is 12.8. The molecule has 8 N–H and O–H groups in total. The molecule has 30 heavy (non-hydrogen) atoms. The van der Waals surface area contributed by atoms with Gasteiger partial charge in [-0.05, 0) is 31.6 Å².